The highest BCUT2D eigenvalue weighted by Crippen LogP contribution is 2.22. The van der Waals surface area contributed by atoms with E-state index in [0.29, 0.717) is 6.61 Å². The zero-order chi connectivity index (χ0) is 13.0. The fourth-order valence-electron chi connectivity index (χ4n) is 1.90. The molecule has 0 spiro atoms. The average Bonchev–Trinajstić information content (AvgIpc) is 2.40. The van der Waals surface area contributed by atoms with Gasteiger partial charge in [-0.15, -0.1) is 0 Å². The van der Waals surface area contributed by atoms with Gasteiger partial charge < -0.3 is 9.84 Å². The van der Waals surface area contributed by atoms with Gasteiger partial charge in [0.2, 0.25) is 0 Å². The van der Waals surface area contributed by atoms with Crippen LogP contribution < -0.4 is 0 Å². The molecule has 1 atom stereocenters. The summed E-state index contributed by atoms with van der Waals surface area (Å²) in [6.07, 6.45) is -0.567. The number of benzene rings is 2. The standard InChI is InChI=1S/C16H18O2/c1-12-3-7-14(8-4-12)16(17)15-9-5-13(6-10-15)11-18-2/h3-10,16-17H,11H2,1-2H3. The zero-order valence-corrected chi connectivity index (χ0v) is 10.8. The van der Waals surface area contributed by atoms with Crippen LogP contribution in [0.15, 0.2) is 48.5 Å². The van der Waals surface area contributed by atoms with E-state index in [-0.39, 0.29) is 0 Å². The molecule has 2 nitrogen and oxygen atoms in total. The van der Waals surface area contributed by atoms with Gasteiger partial charge in [0.25, 0.3) is 0 Å². The number of aryl methyl sites for hydroxylation is 1. The predicted octanol–water partition coefficient (Wildman–Crippen LogP) is 3.22. The van der Waals surface area contributed by atoms with Gasteiger partial charge in [-0.3, -0.25) is 0 Å². The Morgan fingerprint density at radius 1 is 0.944 bits per heavy atom. The minimum Gasteiger partial charge on any atom is -0.384 e. The second-order valence-corrected chi connectivity index (χ2v) is 4.49. The van der Waals surface area contributed by atoms with Gasteiger partial charge in [0.05, 0.1) is 6.61 Å². The maximum absolute atomic E-state index is 10.3. The lowest BCUT2D eigenvalue weighted by Gasteiger charge is -2.12. The molecule has 2 rings (SSSR count). The summed E-state index contributed by atoms with van der Waals surface area (Å²) in [6, 6.07) is 15.8. The van der Waals surface area contributed by atoms with E-state index in [4.69, 9.17) is 4.74 Å². The third-order valence-electron chi connectivity index (χ3n) is 3.00. The second kappa shape index (κ2) is 5.80. The van der Waals surface area contributed by atoms with Crippen LogP contribution in [-0.4, -0.2) is 12.2 Å². The van der Waals surface area contributed by atoms with E-state index in [1.807, 2.05) is 55.5 Å². The average molecular weight is 242 g/mol. The van der Waals surface area contributed by atoms with E-state index >= 15 is 0 Å². The highest BCUT2D eigenvalue weighted by molar-refractivity contribution is 5.33. The van der Waals surface area contributed by atoms with E-state index in [0.717, 1.165) is 16.7 Å². The first-order chi connectivity index (χ1) is 8.70. The van der Waals surface area contributed by atoms with Crippen LogP contribution in [-0.2, 0) is 11.3 Å². The maximum atomic E-state index is 10.3. The van der Waals surface area contributed by atoms with Gasteiger partial charge in [0, 0.05) is 7.11 Å². The molecule has 2 aromatic carbocycles. The molecule has 0 aliphatic carbocycles. The van der Waals surface area contributed by atoms with Gasteiger partial charge in [0.15, 0.2) is 0 Å². The molecular weight excluding hydrogens is 224 g/mol. The molecule has 1 N–H and O–H groups in total. The maximum Gasteiger partial charge on any atom is 0.104 e. The van der Waals surface area contributed by atoms with Crippen molar-refractivity contribution in [1.29, 1.82) is 0 Å². The molecule has 1 unspecified atom stereocenters. The van der Waals surface area contributed by atoms with Gasteiger partial charge in [-0.25, -0.2) is 0 Å². The van der Waals surface area contributed by atoms with Crippen molar-refractivity contribution < 1.29 is 9.84 Å². The SMILES string of the molecule is COCc1ccc(C(O)c2ccc(C)cc2)cc1. The number of rotatable bonds is 4. The molecule has 0 saturated carbocycles. The lowest BCUT2D eigenvalue weighted by Crippen LogP contribution is -2.00. The molecule has 0 aliphatic rings. The summed E-state index contributed by atoms with van der Waals surface area (Å²) in [4.78, 5) is 0. The largest absolute Gasteiger partial charge is 0.384 e. The number of aliphatic hydroxyl groups is 1. The lowest BCUT2D eigenvalue weighted by atomic mass is 10.00. The minimum atomic E-state index is -0.567. The first-order valence-corrected chi connectivity index (χ1v) is 6.03. The Labute approximate surface area is 108 Å². The summed E-state index contributed by atoms with van der Waals surface area (Å²) in [5.74, 6) is 0. The fourth-order valence-corrected chi connectivity index (χ4v) is 1.90. The Morgan fingerprint density at radius 2 is 1.44 bits per heavy atom. The first-order valence-electron chi connectivity index (χ1n) is 6.03. The topological polar surface area (TPSA) is 29.5 Å². The Morgan fingerprint density at radius 3 is 1.94 bits per heavy atom. The Hall–Kier alpha value is -1.64. The van der Waals surface area contributed by atoms with Crippen molar-refractivity contribution in [3.8, 4) is 0 Å². The Bertz CT molecular complexity index is 486. The monoisotopic (exact) mass is 242 g/mol. The lowest BCUT2D eigenvalue weighted by molar-refractivity contribution is 0.184. The van der Waals surface area contributed by atoms with Crippen LogP contribution in [0, 0.1) is 6.92 Å². The summed E-state index contributed by atoms with van der Waals surface area (Å²) in [6.45, 7) is 2.64. The molecule has 0 aromatic heterocycles. The van der Waals surface area contributed by atoms with Crippen molar-refractivity contribution in [2.75, 3.05) is 7.11 Å². The zero-order valence-electron chi connectivity index (χ0n) is 10.8. The normalized spacial score (nSPS) is 12.4. The number of methoxy groups -OCH3 is 1. The van der Waals surface area contributed by atoms with E-state index in [1.165, 1.54) is 5.56 Å². The highest BCUT2D eigenvalue weighted by atomic mass is 16.5. The number of ether oxygens (including phenoxy) is 1. The van der Waals surface area contributed by atoms with Gasteiger partial charge in [-0.05, 0) is 23.6 Å². The molecule has 0 amide bonds. The van der Waals surface area contributed by atoms with E-state index < -0.39 is 6.10 Å². The molecule has 0 heterocycles. The van der Waals surface area contributed by atoms with Gasteiger partial charge in [-0.2, -0.15) is 0 Å². The van der Waals surface area contributed by atoms with Crippen LogP contribution in [0.4, 0.5) is 0 Å². The molecular formula is C16H18O2. The molecule has 2 aromatic rings. The van der Waals surface area contributed by atoms with Crippen molar-refractivity contribution in [1.82, 2.24) is 0 Å². The van der Waals surface area contributed by atoms with Crippen LogP contribution in [0.1, 0.15) is 28.4 Å². The quantitative estimate of drug-likeness (QED) is 0.892. The Kier molecular flexibility index (Phi) is 4.13. The second-order valence-electron chi connectivity index (χ2n) is 4.49. The summed E-state index contributed by atoms with van der Waals surface area (Å²) in [5, 5.41) is 10.3. The van der Waals surface area contributed by atoms with Crippen molar-refractivity contribution in [3.63, 3.8) is 0 Å². The molecule has 0 radical (unpaired) electrons. The van der Waals surface area contributed by atoms with Crippen LogP contribution >= 0.6 is 0 Å². The predicted molar refractivity (Wildman–Crippen MR) is 72.4 cm³/mol. The summed E-state index contributed by atoms with van der Waals surface area (Å²) in [5.41, 5.74) is 4.12. The smallest absolute Gasteiger partial charge is 0.104 e. The summed E-state index contributed by atoms with van der Waals surface area (Å²) < 4.78 is 5.06. The third kappa shape index (κ3) is 2.97. The fraction of sp³-hybridized carbons (Fsp3) is 0.250. The molecule has 0 fully saturated rings. The van der Waals surface area contributed by atoms with Crippen LogP contribution in [0.2, 0.25) is 0 Å². The van der Waals surface area contributed by atoms with Crippen LogP contribution in [0.3, 0.4) is 0 Å². The minimum absolute atomic E-state index is 0.567. The molecule has 0 aliphatic heterocycles. The molecule has 18 heavy (non-hydrogen) atoms. The van der Waals surface area contributed by atoms with Gasteiger partial charge in [-0.1, -0.05) is 54.1 Å². The molecule has 2 heteroatoms. The summed E-state index contributed by atoms with van der Waals surface area (Å²) >= 11 is 0. The van der Waals surface area contributed by atoms with Gasteiger partial charge >= 0.3 is 0 Å². The van der Waals surface area contributed by atoms with Crippen molar-refractivity contribution >= 4 is 0 Å². The molecule has 0 bridgehead atoms. The van der Waals surface area contributed by atoms with E-state index in [2.05, 4.69) is 0 Å². The van der Waals surface area contributed by atoms with Crippen LogP contribution in [0.5, 0.6) is 0 Å². The van der Waals surface area contributed by atoms with Crippen molar-refractivity contribution in [3.05, 3.63) is 70.8 Å². The molecule has 0 saturated heterocycles. The van der Waals surface area contributed by atoms with E-state index in [9.17, 15) is 5.11 Å². The van der Waals surface area contributed by atoms with Crippen LogP contribution in [0.25, 0.3) is 0 Å². The summed E-state index contributed by atoms with van der Waals surface area (Å²) in [7, 11) is 1.68. The van der Waals surface area contributed by atoms with E-state index in [1.54, 1.807) is 7.11 Å². The third-order valence-corrected chi connectivity index (χ3v) is 3.00. The first kappa shape index (κ1) is 12.8. The van der Waals surface area contributed by atoms with Gasteiger partial charge in [0.1, 0.15) is 6.10 Å². The number of hydrogen-bond acceptors (Lipinski definition) is 2. The van der Waals surface area contributed by atoms with Crippen molar-refractivity contribution in [2.24, 2.45) is 0 Å². The van der Waals surface area contributed by atoms with Crippen molar-refractivity contribution in [2.45, 2.75) is 19.6 Å². The highest BCUT2D eigenvalue weighted by Gasteiger charge is 2.09. The Balaban J connectivity index is 2.17. The number of aliphatic hydroxyl groups excluding tert-OH is 1. The molecule has 94 valence electrons. The number of hydrogen-bond donors (Lipinski definition) is 1.